The summed E-state index contributed by atoms with van der Waals surface area (Å²) >= 11 is 0. The van der Waals surface area contributed by atoms with Gasteiger partial charge in [-0.3, -0.25) is 10.1 Å². The molecule has 0 N–H and O–H groups in total. The molecular formula is C10H11NO4. The van der Waals surface area contributed by atoms with E-state index < -0.39 is 4.92 Å². The van der Waals surface area contributed by atoms with Crippen LogP contribution < -0.4 is 0 Å². The molecule has 1 heterocycles. The molecule has 0 radical (unpaired) electrons. The highest BCUT2D eigenvalue weighted by Gasteiger charge is 2.29. The fourth-order valence-electron chi connectivity index (χ4n) is 1.73. The third-order valence-electron chi connectivity index (χ3n) is 2.56. The van der Waals surface area contributed by atoms with Crippen molar-refractivity contribution in [2.75, 3.05) is 6.79 Å². The Labute approximate surface area is 86.8 Å². The van der Waals surface area contributed by atoms with Crippen LogP contribution >= 0.6 is 0 Å². The molecule has 15 heavy (non-hydrogen) atoms. The molecule has 5 nitrogen and oxygen atoms in total. The number of nitrogens with zero attached hydrogens (tertiary/aromatic N) is 1. The minimum absolute atomic E-state index is 0.00384. The second kappa shape index (κ2) is 3.76. The van der Waals surface area contributed by atoms with Crippen LogP contribution in [0.3, 0.4) is 0 Å². The van der Waals surface area contributed by atoms with Gasteiger partial charge in [0.05, 0.1) is 4.92 Å². The van der Waals surface area contributed by atoms with Crippen molar-refractivity contribution < 1.29 is 14.4 Å². The van der Waals surface area contributed by atoms with E-state index in [0.717, 1.165) is 17.7 Å². The molecule has 0 saturated carbocycles. The van der Waals surface area contributed by atoms with Crippen molar-refractivity contribution in [2.24, 2.45) is 11.8 Å². The zero-order valence-electron chi connectivity index (χ0n) is 8.25. The van der Waals surface area contributed by atoms with Crippen LogP contribution in [0.2, 0.25) is 0 Å². The zero-order chi connectivity index (χ0) is 10.8. The standard InChI is InChI=1S/C10H11NO4/c1-7-8(4-5-11(12)13)2-3-9-10(7)15-6-14-9/h2-5,7-8H,6H2,1H3/b5-4+. The van der Waals surface area contributed by atoms with Crippen molar-refractivity contribution >= 4 is 0 Å². The molecule has 5 heteroatoms. The number of allylic oxidation sites excluding steroid dienone is 4. The smallest absolute Gasteiger partial charge is 0.231 e. The quantitative estimate of drug-likeness (QED) is 0.514. The van der Waals surface area contributed by atoms with Gasteiger partial charge >= 0.3 is 0 Å². The molecule has 2 aliphatic rings. The van der Waals surface area contributed by atoms with E-state index in [0.29, 0.717) is 0 Å². The molecule has 0 amide bonds. The lowest BCUT2D eigenvalue weighted by Gasteiger charge is -2.20. The summed E-state index contributed by atoms with van der Waals surface area (Å²) in [5, 5.41) is 10.2. The minimum Gasteiger partial charge on any atom is -0.458 e. The molecule has 0 aromatic carbocycles. The molecule has 1 aliphatic heterocycles. The molecule has 0 saturated heterocycles. The Morgan fingerprint density at radius 2 is 2.40 bits per heavy atom. The van der Waals surface area contributed by atoms with Crippen LogP contribution in [0, 0.1) is 22.0 Å². The summed E-state index contributed by atoms with van der Waals surface area (Å²) in [5.41, 5.74) is 0. The second-order valence-electron chi connectivity index (χ2n) is 3.49. The average Bonchev–Trinajstić information content (AvgIpc) is 2.65. The Balaban J connectivity index is 2.13. The van der Waals surface area contributed by atoms with E-state index in [1.165, 1.54) is 0 Å². The monoisotopic (exact) mass is 209 g/mol. The molecule has 0 aromatic heterocycles. The summed E-state index contributed by atoms with van der Waals surface area (Å²) in [6.45, 7) is 2.20. The van der Waals surface area contributed by atoms with Gasteiger partial charge in [-0.2, -0.15) is 0 Å². The highest BCUT2D eigenvalue weighted by molar-refractivity contribution is 5.28. The Hall–Kier alpha value is -1.78. The lowest BCUT2D eigenvalue weighted by atomic mass is 9.88. The predicted octanol–water partition coefficient (Wildman–Crippen LogP) is 1.81. The van der Waals surface area contributed by atoms with E-state index in [1.54, 1.807) is 12.2 Å². The van der Waals surface area contributed by atoms with Crippen molar-refractivity contribution in [1.82, 2.24) is 0 Å². The summed E-state index contributed by atoms with van der Waals surface area (Å²) in [6.07, 6.45) is 6.22. The second-order valence-corrected chi connectivity index (χ2v) is 3.49. The Morgan fingerprint density at radius 1 is 1.60 bits per heavy atom. The molecular weight excluding hydrogens is 198 g/mol. The third-order valence-corrected chi connectivity index (χ3v) is 2.56. The summed E-state index contributed by atoms with van der Waals surface area (Å²) < 4.78 is 10.5. The highest BCUT2D eigenvalue weighted by Crippen LogP contribution is 2.34. The van der Waals surface area contributed by atoms with E-state index in [-0.39, 0.29) is 18.6 Å². The van der Waals surface area contributed by atoms with E-state index in [9.17, 15) is 10.1 Å². The zero-order valence-corrected chi connectivity index (χ0v) is 8.25. The van der Waals surface area contributed by atoms with Crippen LogP contribution in [0.5, 0.6) is 0 Å². The van der Waals surface area contributed by atoms with E-state index in [2.05, 4.69) is 0 Å². The van der Waals surface area contributed by atoms with Crippen molar-refractivity contribution in [1.29, 1.82) is 0 Å². The van der Waals surface area contributed by atoms with Crippen LogP contribution in [-0.4, -0.2) is 11.7 Å². The van der Waals surface area contributed by atoms with Crippen molar-refractivity contribution in [3.05, 3.63) is 46.1 Å². The number of hydrogen-bond donors (Lipinski definition) is 0. The molecule has 0 fully saturated rings. The summed E-state index contributed by atoms with van der Waals surface area (Å²) in [4.78, 5) is 9.74. The number of nitro groups is 1. The van der Waals surface area contributed by atoms with Crippen LogP contribution in [0.4, 0.5) is 0 Å². The van der Waals surface area contributed by atoms with Crippen molar-refractivity contribution in [3.8, 4) is 0 Å². The van der Waals surface area contributed by atoms with Crippen LogP contribution in [0.1, 0.15) is 6.92 Å². The highest BCUT2D eigenvalue weighted by atomic mass is 16.7. The SMILES string of the molecule is CC1C2=C(C=CC1/C=C/[N+](=O)[O-])OCO2. The minimum atomic E-state index is -0.462. The molecule has 0 bridgehead atoms. The summed E-state index contributed by atoms with van der Waals surface area (Å²) in [5.74, 6) is 1.61. The van der Waals surface area contributed by atoms with Gasteiger partial charge in [-0.1, -0.05) is 13.0 Å². The maximum Gasteiger partial charge on any atom is 0.231 e. The van der Waals surface area contributed by atoms with E-state index in [1.807, 2.05) is 13.0 Å². The number of rotatable bonds is 2. The average molecular weight is 209 g/mol. The Morgan fingerprint density at radius 3 is 3.13 bits per heavy atom. The van der Waals surface area contributed by atoms with Gasteiger partial charge in [-0.25, -0.2) is 0 Å². The van der Waals surface area contributed by atoms with Gasteiger partial charge in [-0.15, -0.1) is 0 Å². The Bertz CT molecular complexity index is 370. The molecule has 0 aromatic rings. The maximum atomic E-state index is 10.2. The maximum absolute atomic E-state index is 10.2. The van der Waals surface area contributed by atoms with Gasteiger partial charge in [0.1, 0.15) is 5.76 Å². The molecule has 1 aliphatic carbocycles. The van der Waals surface area contributed by atoms with E-state index >= 15 is 0 Å². The molecule has 0 spiro atoms. The number of hydrogen-bond acceptors (Lipinski definition) is 4. The van der Waals surface area contributed by atoms with Gasteiger partial charge in [0.15, 0.2) is 5.76 Å². The summed E-state index contributed by atoms with van der Waals surface area (Å²) in [6, 6.07) is 0. The number of ether oxygens (including phenoxy) is 2. The third kappa shape index (κ3) is 1.86. The first-order valence-corrected chi connectivity index (χ1v) is 4.68. The predicted molar refractivity (Wildman–Crippen MR) is 52.0 cm³/mol. The normalized spacial score (nSPS) is 28.9. The fourth-order valence-corrected chi connectivity index (χ4v) is 1.73. The Kier molecular flexibility index (Phi) is 2.45. The lowest BCUT2D eigenvalue weighted by Crippen LogP contribution is -2.14. The fraction of sp³-hybridized carbons (Fsp3) is 0.400. The van der Waals surface area contributed by atoms with Gasteiger partial charge in [0.2, 0.25) is 13.0 Å². The first kappa shape index (κ1) is 9.76. The van der Waals surface area contributed by atoms with E-state index in [4.69, 9.17) is 9.47 Å². The molecule has 80 valence electrons. The van der Waals surface area contributed by atoms with Gasteiger partial charge in [-0.05, 0) is 12.2 Å². The van der Waals surface area contributed by atoms with Crippen LogP contribution in [0.25, 0.3) is 0 Å². The van der Waals surface area contributed by atoms with Crippen molar-refractivity contribution in [2.45, 2.75) is 6.92 Å². The molecule has 2 unspecified atom stereocenters. The van der Waals surface area contributed by atoms with Crippen molar-refractivity contribution in [3.63, 3.8) is 0 Å². The molecule has 2 atom stereocenters. The molecule has 2 rings (SSSR count). The lowest BCUT2D eigenvalue weighted by molar-refractivity contribution is -0.402. The topological polar surface area (TPSA) is 61.6 Å². The van der Waals surface area contributed by atoms with Crippen LogP contribution in [-0.2, 0) is 9.47 Å². The largest absolute Gasteiger partial charge is 0.458 e. The first-order chi connectivity index (χ1) is 7.18. The van der Waals surface area contributed by atoms with Crippen LogP contribution in [0.15, 0.2) is 35.9 Å². The summed E-state index contributed by atoms with van der Waals surface area (Å²) in [7, 11) is 0. The first-order valence-electron chi connectivity index (χ1n) is 4.68. The van der Waals surface area contributed by atoms with Gasteiger partial charge in [0.25, 0.3) is 0 Å². The van der Waals surface area contributed by atoms with Gasteiger partial charge < -0.3 is 9.47 Å². The van der Waals surface area contributed by atoms with Gasteiger partial charge in [0, 0.05) is 11.8 Å².